The van der Waals surface area contributed by atoms with Gasteiger partial charge in [0.1, 0.15) is 0 Å². The van der Waals surface area contributed by atoms with E-state index < -0.39 is 5.41 Å². The van der Waals surface area contributed by atoms with Crippen LogP contribution in [0.2, 0.25) is 0 Å². The predicted molar refractivity (Wildman–Crippen MR) is 61.1 cm³/mol. The van der Waals surface area contributed by atoms with Crippen LogP contribution in [0.5, 0.6) is 0 Å². The van der Waals surface area contributed by atoms with Gasteiger partial charge in [0.15, 0.2) is 0 Å². The number of hydrogen-bond donors (Lipinski definition) is 1. The summed E-state index contributed by atoms with van der Waals surface area (Å²) in [6.45, 7) is 10.3. The first-order chi connectivity index (χ1) is 6.72. The maximum absolute atomic E-state index is 11.6. The van der Waals surface area contributed by atoms with Crippen LogP contribution in [-0.4, -0.2) is 12.5 Å². The van der Waals surface area contributed by atoms with Crippen LogP contribution in [0, 0.1) is 22.2 Å². The number of nitriles is 1. The van der Waals surface area contributed by atoms with Crippen molar-refractivity contribution in [3.8, 4) is 6.07 Å². The third-order valence-electron chi connectivity index (χ3n) is 2.63. The fourth-order valence-corrected chi connectivity index (χ4v) is 0.981. The van der Waals surface area contributed by atoms with Crippen molar-refractivity contribution in [2.45, 2.75) is 47.5 Å². The first kappa shape index (κ1) is 14.0. The second-order valence-corrected chi connectivity index (χ2v) is 5.47. The van der Waals surface area contributed by atoms with Gasteiger partial charge in [0.2, 0.25) is 5.91 Å². The highest BCUT2D eigenvalue weighted by Gasteiger charge is 2.22. The molecule has 0 saturated heterocycles. The molecule has 0 rings (SSSR count). The molecule has 1 amide bonds. The molecule has 0 aromatic rings. The summed E-state index contributed by atoms with van der Waals surface area (Å²) < 4.78 is 0. The number of carbonyl (C=O) groups is 1. The molecule has 0 heterocycles. The van der Waals surface area contributed by atoms with Crippen LogP contribution < -0.4 is 5.32 Å². The number of nitrogens with zero attached hydrogens (tertiary/aromatic N) is 1. The van der Waals surface area contributed by atoms with E-state index in [9.17, 15) is 4.79 Å². The fraction of sp³-hybridized carbons (Fsp3) is 0.833. The van der Waals surface area contributed by atoms with Crippen LogP contribution in [0.3, 0.4) is 0 Å². The van der Waals surface area contributed by atoms with Crippen LogP contribution in [0.15, 0.2) is 0 Å². The molecular formula is C12H22N2O. The highest BCUT2D eigenvalue weighted by Crippen LogP contribution is 2.24. The molecule has 0 aliphatic carbocycles. The predicted octanol–water partition coefficient (Wildman–Crippen LogP) is 2.48. The molecule has 0 aromatic heterocycles. The number of carbonyl (C=O) groups excluding carboxylic acids is 1. The first-order valence-electron chi connectivity index (χ1n) is 5.40. The summed E-state index contributed by atoms with van der Waals surface area (Å²) in [5.41, 5.74) is -0.438. The minimum absolute atomic E-state index is 0.0326. The van der Waals surface area contributed by atoms with E-state index >= 15 is 0 Å². The van der Waals surface area contributed by atoms with Gasteiger partial charge in [-0.2, -0.15) is 5.26 Å². The molecule has 0 aliphatic rings. The molecule has 0 atom stereocenters. The quantitative estimate of drug-likeness (QED) is 0.758. The molecule has 0 spiro atoms. The van der Waals surface area contributed by atoms with Crippen molar-refractivity contribution < 1.29 is 4.79 Å². The second-order valence-electron chi connectivity index (χ2n) is 5.47. The van der Waals surface area contributed by atoms with Crippen LogP contribution in [-0.2, 0) is 4.79 Å². The Hall–Kier alpha value is -1.04. The lowest BCUT2D eigenvalue weighted by molar-refractivity contribution is -0.123. The van der Waals surface area contributed by atoms with Gasteiger partial charge in [0.25, 0.3) is 0 Å². The fourth-order valence-electron chi connectivity index (χ4n) is 0.981. The maximum Gasteiger partial charge on any atom is 0.220 e. The first-order valence-corrected chi connectivity index (χ1v) is 5.40. The van der Waals surface area contributed by atoms with Gasteiger partial charge >= 0.3 is 0 Å². The Bertz CT molecular complexity index is 261. The van der Waals surface area contributed by atoms with Gasteiger partial charge in [-0.3, -0.25) is 4.79 Å². The van der Waals surface area contributed by atoms with E-state index in [2.05, 4.69) is 32.2 Å². The molecule has 0 bridgehead atoms. The van der Waals surface area contributed by atoms with Crippen molar-refractivity contribution in [3.63, 3.8) is 0 Å². The Morgan fingerprint density at radius 1 is 1.33 bits per heavy atom. The average molecular weight is 210 g/mol. The Morgan fingerprint density at radius 3 is 2.27 bits per heavy atom. The summed E-state index contributed by atoms with van der Waals surface area (Å²) >= 11 is 0. The lowest BCUT2D eigenvalue weighted by Gasteiger charge is -2.23. The third-order valence-corrected chi connectivity index (χ3v) is 2.63. The number of amides is 1. The monoisotopic (exact) mass is 210 g/mol. The summed E-state index contributed by atoms with van der Waals surface area (Å²) in [6.07, 6.45) is 1.49. The van der Waals surface area contributed by atoms with Crippen molar-refractivity contribution in [1.29, 1.82) is 5.26 Å². The van der Waals surface area contributed by atoms with E-state index in [-0.39, 0.29) is 11.3 Å². The normalized spacial score (nSPS) is 12.0. The van der Waals surface area contributed by atoms with Crippen LogP contribution in [0.25, 0.3) is 0 Å². The third kappa shape index (κ3) is 6.11. The molecular weight excluding hydrogens is 188 g/mol. The lowest BCUT2D eigenvalue weighted by atomic mass is 9.86. The Kier molecular flexibility index (Phi) is 4.80. The Morgan fingerprint density at radius 2 is 1.87 bits per heavy atom. The highest BCUT2D eigenvalue weighted by atomic mass is 16.1. The van der Waals surface area contributed by atoms with E-state index in [4.69, 9.17) is 5.26 Å². The standard InChI is InChI=1S/C12H22N2O/c1-6-11(2,3)7-10(15)14-9-12(4,5)8-13/h6-7,9H2,1-5H3,(H,14,15). The van der Waals surface area contributed by atoms with E-state index in [1.54, 1.807) is 0 Å². The molecule has 0 fully saturated rings. The summed E-state index contributed by atoms with van der Waals surface area (Å²) in [5, 5.41) is 11.6. The molecule has 3 heteroatoms. The molecule has 0 radical (unpaired) electrons. The van der Waals surface area contributed by atoms with Gasteiger partial charge in [-0.1, -0.05) is 27.2 Å². The average Bonchev–Trinajstić information content (AvgIpc) is 2.15. The van der Waals surface area contributed by atoms with Gasteiger partial charge in [0.05, 0.1) is 11.5 Å². The maximum atomic E-state index is 11.6. The molecule has 3 nitrogen and oxygen atoms in total. The number of hydrogen-bond acceptors (Lipinski definition) is 2. The SMILES string of the molecule is CCC(C)(C)CC(=O)NCC(C)(C)C#N. The van der Waals surface area contributed by atoms with Gasteiger partial charge < -0.3 is 5.32 Å². The zero-order valence-corrected chi connectivity index (χ0v) is 10.5. The van der Waals surface area contributed by atoms with Crippen LogP contribution in [0.4, 0.5) is 0 Å². The molecule has 0 aliphatic heterocycles. The largest absolute Gasteiger partial charge is 0.355 e. The molecule has 86 valence electrons. The summed E-state index contributed by atoms with van der Waals surface area (Å²) in [6, 6.07) is 2.16. The Balaban J connectivity index is 4.03. The minimum Gasteiger partial charge on any atom is -0.355 e. The van der Waals surface area contributed by atoms with Crippen molar-refractivity contribution in [1.82, 2.24) is 5.32 Å². The minimum atomic E-state index is -0.480. The van der Waals surface area contributed by atoms with E-state index in [0.717, 1.165) is 6.42 Å². The van der Waals surface area contributed by atoms with Crippen molar-refractivity contribution >= 4 is 5.91 Å². The smallest absolute Gasteiger partial charge is 0.220 e. The molecule has 0 aromatic carbocycles. The molecule has 0 saturated carbocycles. The number of nitrogens with one attached hydrogen (secondary N) is 1. The van der Waals surface area contributed by atoms with Gasteiger partial charge in [-0.15, -0.1) is 0 Å². The number of rotatable bonds is 5. The van der Waals surface area contributed by atoms with Crippen LogP contribution in [0.1, 0.15) is 47.5 Å². The zero-order chi connectivity index (χ0) is 12.1. The molecule has 1 N–H and O–H groups in total. The molecule has 0 unspecified atom stereocenters. The van der Waals surface area contributed by atoms with Crippen molar-refractivity contribution in [2.24, 2.45) is 10.8 Å². The van der Waals surface area contributed by atoms with Gasteiger partial charge in [-0.05, 0) is 19.3 Å². The van der Waals surface area contributed by atoms with Crippen molar-refractivity contribution in [3.05, 3.63) is 0 Å². The summed E-state index contributed by atoms with van der Waals surface area (Å²) in [7, 11) is 0. The summed E-state index contributed by atoms with van der Waals surface area (Å²) in [5.74, 6) is 0.0326. The van der Waals surface area contributed by atoms with Gasteiger partial charge in [-0.25, -0.2) is 0 Å². The Labute approximate surface area is 92.9 Å². The van der Waals surface area contributed by atoms with Crippen LogP contribution >= 0.6 is 0 Å². The summed E-state index contributed by atoms with van der Waals surface area (Å²) in [4.78, 5) is 11.6. The van der Waals surface area contributed by atoms with Gasteiger partial charge in [0, 0.05) is 13.0 Å². The lowest BCUT2D eigenvalue weighted by Crippen LogP contribution is -2.35. The van der Waals surface area contributed by atoms with E-state index in [1.807, 2.05) is 13.8 Å². The molecule has 15 heavy (non-hydrogen) atoms. The highest BCUT2D eigenvalue weighted by molar-refractivity contribution is 5.76. The topological polar surface area (TPSA) is 52.9 Å². The van der Waals surface area contributed by atoms with E-state index in [0.29, 0.717) is 13.0 Å². The zero-order valence-electron chi connectivity index (χ0n) is 10.5. The van der Waals surface area contributed by atoms with E-state index in [1.165, 1.54) is 0 Å². The van der Waals surface area contributed by atoms with Crippen molar-refractivity contribution in [2.75, 3.05) is 6.54 Å². The second kappa shape index (κ2) is 5.16.